The second-order valence-electron chi connectivity index (χ2n) is 5.62. The Morgan fingerprint density at radius 3 is 2.71 bits per heavy atom. The summed E-state index contributed by atoms with van der Waals surface area (Å²) in [4.78, 5) is 13.5. The van der Waals surface area contributed by atoms with E-state index in [0.717, 1.165) is 5.56 Å². The predicted molar refractivity (Wildman–Crippen MR) is 92.0 cm³/mol. The van der Waals surface area contributed by atoms with Crippen molar-refractivity contribution in [3.8, 4) is 5.75 Å². The van der Waals surface area contributed by atoms with E-state index in [1.54, 1.807) is 41.3 Å². The second kappa shape index (κ2) is 6.16. The van der Waals surface area contributed by atoms with Crippen LogP contribution in [0.15, 0.2) is 47.4 Å². The number of ether oxygens (including phenoxy) is 1. The van der Waals surface area contributed by atoms with Gasteiger partial charge in [-0.2, -0.15) is 0 Å². The normalized spacial score (nSPS) is 13.8. The van der Waals surface area contributed by atoms with Crippen LogP contribution in [-0.4, -0.2) is 27.5 Å². The summed E-state index contributed by atoms with van der Waals surface area (Å²) in [5.41, 5.74) is 1.81. The van der Waals surface area contributed by atoms with E-state index < -0.39 is 10.0 Å². The van der Waals surface area contributed by atoms with E-state index in [1.807, 2.05) is 13.0 Å². The van der Waals surface area contributed by atoms with Crippen molar-refractivity contribution in [1.29, 1.82) is 0 Å². The molecule has 6 nitrogen and oxygen atoms in total. The van der Waals surface area contributed by atoms with Crippen molar-refractivity contribution in [2.75, 3.05) is 22.8 Å². The van der Waals surface area contributed by atoms with Gasteiger partial charge in [0.15, 0.2) is 0 Å². The first-order valence-electron chi connectivity index (χ1n) is 7.51. The number of aryl methyl sites for hydroxylation is 1. The summed E-state index contributed by atoms with van der Waals surface area (Å²) < 4.78 is 33.1. The Labute approximate surface area is 141 Å². The zero-order chi connectivity index (χ0) is 17.3. The van der Waals surface area contributed by atoms with Crippen molar-refractivity contribution in [1.82, 2.24) is 0 Å². The molecular formula is C17H18N2O4S. The predicted octanol–water partition coefficient (Wildman–Crippen LogP) is 2.54. The molecule has 1 amide bonds. The molecule has 2 aromatic carbocycles. The lowest BCUT2D eigenvalue weighted by Gasteiger charge is -2.29. The number of sulfonamides is 1. The zero-order valence-electron chi connectivity index (χ0n) is 13.4. The number of rotatable bonds is 3. The number of nitrogens with zero attached hydrogens (tertiary/aromatic N) is 1. The average Bonchev–Trinajstić information content (AvgIpc) is 2.53. The number of carbonyl (C=O) groups is 1. The Balaban J connectivity index is 1.94. The van der Waals surface area contributed by atoms with Crippen molar-refractivity contribution in [3.05, 3.63) is 48.0 Å². The SMILES string of the molecule is CC(=O)N1CCOc2ccc(NS(=O)(=O)c3cccc(C)c3)cc21. The van der Waals surface area contributed by atoms with Gasteiger partial charge in [0.1, 0.15) is 12.4 Å². The van der Waals surface area contributed by atoms with Crippen molar-refractivity contribution >= 4 is 27.3 Å². The lowest BCUT2D eigenvalue weighted by atomic mass is 10.2. The maximum atomic E-state index is 12.5. The molecule has 0 radical (unpaired) electrons. The van der Waals surface area contributed by atoms with E-state index in [0.29, 0.717) is 30.3 Å². The minimum atomic E-state index is -3.69. The fourth-order valence-corrected chi connectivity index (χ4v) is 3.76. The van der Waals surface area contributed by atoms with Gasteiger partial charge in [-0.3, -0.25) is 9.52 Å². The summed E-state index contributed by atoms with van der Waals surface area (Å²) in [6, 6.07) is 11.6. The Morgan fingerprint density at radius 2 is 2.00 bits per heavy atom. The highest BCUT2D eigenvalue weighted by Crippen LogP contribution is 2.34. The zero-order valence-corrected chi connectivity index (χ0v) is 14.3. The van der Waals surface area contributed by atoms with Crippen LogP contribution in [0.4, 0.5) is 11.4 Å². The summed E-state index contributed by atoms with van der Waals surface area (Å²) in [5, 5.41) is 0. The molecule has 1 heterocycles. The molecule has 0 aromatic heterocycles. The van der Waals surface area contributed by atoms with Crippen molar-refractivity contribution in [2.45, 2.75) is 18.7 Å². The van der Waals surface area contributed by atoms with Crippen LogP contribution in [0, 0.1) is 6.92 Å². The Bertz CT molecular complexity index is 893. The van der Waals surface area contributed by atoms with Crippen LogP contribution in [0.1, 0.15) is 12.5 Å². The minimum Gasteiger partial charge on any atom is -0.490 e. The number of hydrogen-bond acceptors (Lipinski definition) is 4. The molecule has 7 heteroatoms. The van der Waals surface area contributed by atoms with Crippen LogP contribution >= 0.6 is 0 Å². The van der Waals surface area contributed by atoms with Gasteiger partial charge < -0.3 is 9.64 Å². The molecular weight excluding hydrogens is 328 g/mol. The van der Waals surface area contributed by atoms with Crippen LogP contribution in [0.3, 0.4) is 0 Å². The van der Waals surface area contributed by atoms with E-state index in [4.69, 9.17) is 4.74 Å². The van der Waals surface area contributed by atoms with Crippen molar-refractivity contribution in [3.63, 3.8) is 0 Å². The van der Waals surface area contributed by atoms with Gasteiger partial charge in [-0.1, -0.05) is 12.1 Å². The smallest absolute Gasteiger partial charge is 0.261 e. The Hall–Kier alpha value is -2.54. The summed E-state index contributed by atoms with van der Waals surface area (Å²) in [6.07, 6.45) is 0. The lowest BCUT2D eigenvalue weighted by Crippen LogP contribution is -2.36. The van der Waals surface area contributed by atoms with Gasteiger partial charge in [-0.25, -0.2) is 8.42 Å². The molecule has 1 N–H and O–H groups in total. The van der Waals surface area contributed by atoms with Crippen LogP contribution in [0.2, 0.25) is 0 Å². The first kappa shape index (κ1) is 16.3. The topological polar surface area (TPSA) is 75.7 Å². The fourth-order valence-electron chi connectivity index (χ4n) is 2.60. The number of nitrogens with one attached hydrogen (secondary N) is 1. The molecule has 0 atom stereocenters. The maximum absolute atomic E-state index is 12.5. The van der Waals surface area contributed by atoms with Gasteiger partial charge in [-0.05, 0) is 42.8 Å². The van der Waals surface area contributed by atoms with E-state index >= 15 is 0 Å². The summed E-state index contributed by atoms with van der Waals surface area (Å²) >= 11 is 0. The molecule has 126 valence electrons. The first-order valence-corrected chi connectivity index (χ1v) is 8.99. The lowest BCUT2D eigenvalue weighted by molar-refractivity contribution is -0.116. The molecule has 0 saturated heterocycles. The number of benzene rings is 2. The van der Waals surface area contributed by atoms with Gasteiger partial charge in [0.25, 0.3) is 10.0 Å². The van der Waals surface area contributed by atoms with Gasteiger partial charge >= 0.3 is 0 Å². The molecule has 0 bridgehead atoms. The Kier molecular flexibility index (Phi) is 4.19. The van der Waals surface area contributed by atoms with E-state index in [-0.39, 0.29) is 10.8 Å². The van der Waals surface area contributed by atoms with Gasteiger partial charge in [-0.15, -0.1) is 0 Å². The third-order valence-corrected chi connectivity index (χ3v) is 5.13. The molecule has 24 heavy (non-hydrogen) atoms. The fraction of sp³-hybridized carbons (Fsp3) is 0.235. The highest BCUT2D eigenvalue weighted by atomic mass is 32.2. The molecule has 0 spiro atoms. The third-order valence-electron chi connectivity index (χ3n) is 3.75. The molecule has 0 aliphatic carbocycles. The second-order valence-corrected chi connectivity index (χ2v) is 7.31. The van der Waals surface area contributed by atoms with E-state index in [9.17, 15) is 13.2 Å². The summed E-state index contributed by atoms with van der Waals surface area (Å²) in [5.74, 6) is 0.452. The van der Waals surface area contributed by atoms with Crippen LogP contribution in [0.25, 0.3) is 0 Å². The largest absolute Gasteiger partial charge is 0.490 e. The quantitative estimate of drug-likeness (QED) is 0.927. The monoisotopic (exact) mass is 346 g/mol. The van der Waals surface area contributed by atoms with Crippen molar-refractivity contribution in [2.24, 2.45) is 0 Å². The van der Waals surface area contributed by atoms with E-state index in [2.05, 4.69) is 4.72 Å². The van der Waals surface area contributed by atoms with Crippen LogP contribution in [0.5, 0.6) is 5.75 Å². The number of anilines is 2. The summed E-state index contributed by atoms with van der Waals surface area (Å²) in [6.45, 7) is 4.16. The minimum absolute atomic E-state index is 0.113. The standard InChI is InChI=1S/C17H18N2O4S/c1-12-4-3-5-15(10-12)24(21,22)18-14-6-7-17-16(11-14)19(13(2)20)8-9-23-17/h3-7,10-11,18H,8-9H2,1-2H3. The highest BCUT2D eigenvalue weighted by Gasteiger charge is 2.22. The maximum Gasteiger partial charge on any atom is 0.261 e. The van der Waals surface area contributed by atoms with Gasteiger partial charge in [0, 0.05) is 6.92 Å². The molecule has 0 fully saturated rings. The van der Waals surface area contributed by atoms with Crippen LogP contribution in [-0.2, 0) is 14.8 Å². The number of carbonyl (C=O) groups excluding carboxylic acids is 1. The van der Waals surface area contributed by atoms with Crippen molar-refractivity contribution < 1.29 is 17.9 Å². The molecule has 0 unspecified atom stereocenters. The van der Waals surface area contributed by atoms with Gasteiger partial charge in [0.05, 0.1) is 22.8 Å². The Morgan fingerprint density at radius 1 is 1.21 bits per heavy atom. The number of amides is 1. The highest BCUT2D eigenvalue weighted by molar-refractivity contribution is 7.92. The van der Waals surface area contributed by atoms with Crippen LogP contribution < -0.4 is 14.4 Å². The molecule has 1 aliphatic rings. The first-order chi connectivity index (χ1) is 11.4. The number of fused-ring (bicyclic) bond motifs is 1. The van der Waals surface area contributed by atoms with E-state index in [1.165, 1.54) is 6.92 Å². The average molecular weight is 346 g/mol. The summed E-state index contributed by atoms with van der Waals surface area (Å²) in [7, 11) is -3.69. The third kappa shape index (κ3) is 3.21. The molecule has 3 rings (SSSR count). The molecule has 0 saturated carbocycles. The molecule has 1 aliphatic heterocycles. The number of hydrogen-bond donors (Lipinski definition) is 1. The molecule has 2 aromatic rings. The van der Waals surface area contributed by atoms with Gasteiger partial charge in [0.2, 0.25) is 5.91 Å².